The van der Waals surface area contributed by atoms with Crippen LogP contribution in [0.15, 0.2) is 0 Å². The molecular formula is C21H40O4. The van der Waals surface area contributed by atoms with E-state index in [1.807, 2.05) is 6.92 Å². The van der Waals surface area contributed by atoms with Crippen molar-refractivity contribution in [3.8, 4) is 0 Å². The quantitative estimate of drug-likeness (QED) is 0.232. The predicted molar refractivity (Wildman–Crippen MR) is 103 cm³/mol. The molecule has 4 nitrogen and oxygen atoms in total. The van der Waals surface area contributed by atoms with E-state index in [0.29, 0.717) is 19.3 Å². The lowest BCUT2D eigenvalue weighted by Gasteiger charge is -2.12. The van der Waals surface area contributed by atoms with Gasteiger partial charge in [0.25, 0.3) is 0 Å². The van der Waals surface area contributed by atoms with Crippen molar-refractivity contribution in [2.24, 2.45) is 0 Å². The Morgan fingerprint density at radius 1 is 0.760 bits per heavy atom. The van der Waals surface area contributed by atoms with Gasteiger partial charge >= 0.3 is 11.9 Å². The minimum Gasteiger partial charge on any atom is -0.481 e. The van der Waals surface area contributed by atoms with Crippen LogP contribution in [-0.2, 0) is 14.3 Å². The Labute approximate surface area is 154 Å². The maximum Gasteiger partial charge on any atom is 0.306 e. The Kier molecular flexibility index (Phi) is 17.0. The van der Waals surface area contributed by atoms with Crippen molar-refractivity contribution in [2.75, 3.05) is 0 Å². The van der Waals surface area contributed by atoms with Gasteiger partial charge in [0.05, 0.1) is 6.10 Å². The third-order valence-electron chi connectivity index (χ3n) is 4.57. The molecule has 0 aromatic heterocycles. The second-order valence-electron chi connectivity index (χ2n) is 7.23. The van der Waals surface area contributed by atoms with Crippen molar-refractivity contribution in [2.45, 2.75) is 123 Å². The molecule has 0 aromatic carbocycles. The first-order valence-corrected chi connectivity index (χ1v) is 10.5. The topological polar surface area (TPSA) is 63.6 Å². The second-order valence-corrected chi connectivity index (χ2v) is 7.23. The summed E-state index contributed by atoms with van der Waals surface area (Å²) in [6.07, 6.45) is 17.0. The summed E-state index contributed by atoms with van der Waals surface area (Å²) in [5.74, 6) is -0.940. The van der Waals surface area contributed by atoms with Crippen LogP contribution in [0.4, 0.5) is 0 Å². The molecule has 0 saturated carbocycles. The third-order valence-corrected chi connectivity index (χ3v) is 4.57. The highest BCUT2D eigenvalue weighted by molar-refractivity contribution is 5.69. The standard InChI is InChI=1S/C21H40O4/c1-3-4-5-6-7-8-9-10-11-12-13-14-18-21(24)25-19(2)16-15-17-20(22)23/h19H,3-18H2,1-2H3,(H,22,23). The van der Waals surface area contributed by atoms with Gasteiger partial charge in [0.1, 0.15) is 0 Å². The van der Waals surface area contributed by atoms with Crippen LogP contribution in [-0.4, -0.2) is 23.1 Å². The molecule has 4 heteroatoms. The molecule has 0 heterocycles. The maximum absolute atomic E-state index is 11.7. The van der Waals surface area contributed by atoms with Crippen LogP contribution >= 0.6 is 0 Å². The maximum atomic E-state index is 11.7. The van der Waals surface area contributed by atoms with Gasteiger partial charge in [-0.1, -0.05) is 77.6 Å². The molecule has 25 heavy (non-hydrogen) atoms. The van der Waals surface area contributed by atoms with Gasteiger partial charge < -0.3 is 9.84 Å². The molecule has 0 aromatic rings. The van der Waals surface area contributed by atoms with E-state index in [1.54, 1.807) is 0 Å². The second kappa shape index (κ2) is 17.8. The predicted octanol–water partition coefficient (Wildman–Crippen LogP) is 6.26. The number of aliphatic carboxylic acids is 1. The highest BCUT2D eigenvalue weighted by Gasteiger charge is 2.10. The van der Waals surface area contributed by atoms with Gasteiger partial charge in [-0.2, -0.15) is 0 Å². The van der Waals surface area contributed by atoms with E-state index in [4.69, 9.17) is 9.84 Å². The summed E-state index contributed by atoms with van der Waals surface area (Å²) >= 11 is 0. The van der Waals surface area contributed by atoms with Crippen LogP contribution in [0.25, 0.3) is 0 Å². The van der Waals surface area contributed by atoms with Crippen molar-refractivity contribution in [1.82, 2.24) is 0 Å². The summed E-state index contributed by atoms with van der Waals surface area (Å²) in [6.45, 7) is 4.09. The highest BCUT2D eigenvalue weighted by Crippen LogP contribution is 2.13. The monoisotopic (exact) mass is 356 g/mol. The minimum atomic E-state index is -0.796. The Morgan fingerprint density at radius 2 is 1.24 bits per heavy atom. The number of hydrogen-bond donors (Lipinski definition) is 1. The van der Waals surface area contributed by atoms with Crippen molar-refractivity contribution in [3.63, 3.8) is 0 Å². The number of hydrogen-bond acceptors (Lipinski definition) is 3. The van der Waals surface area contributed by atoms with E-state index >= 15 is 0 Å². The van der Waals surface area contributed by atoms with Crippen LogP contribution in [0, 0.1) is 0 Å². The largest absolute Gasteiger partial charge is 0.481 e. The molecule has 0 spiro atoms. The number of unbranched alkanes of at least 4 members (excludes halogenated alkanes) is 11. The van der Waals surface area contributed by atoms with Gasteiger partial charge in [-0.3, -0.25) is 9.59 Å². The molecule has 0 radical (unpaired) electrons. The Morgan fingerprint density at radius 3 is 1.72 bits per heavy atom. The number of esters is 1. The Bertz CT molecular complexity index is 328. The Hall–Kier alpha value is -1.06. The molecule has 0 saturated heterocycles. The van der Waals surface area contributed by atoms with Crippen LogP contribution in [0.1, 0.15) is 117 Å². The lowest BCUT2D eigenvalue weighted by atomic mass is 10.0. The number of rotatable bonds is 18. The molecule has 1 atom stereocenters. The molecule has 0 amide bonds. The third kappa shape index (κ3) is 19.1. The molecule has 0 aliphatic rings. The van der Waals surface area contributed by atoms with Gasteiger partial charge in [-0.25, -0.2) is 0 Å². The fourth-order valence-corrected chi connectivity index (χ4v) is 2.99. The zero-order valence-electron chi connectivity index (χ0n) is 16.6. The van der Waals surface area contributed by atoms with Gasteiger partial charge in [0.15, 0.2) is 0 Å². The Balaban J connectivity index is 3.30. The van der Waals surface area contributed by atoms with Crippen molar-refractivity contribution in [3.05, 3.63) is 0 Å². The smallest absolute Gasteiger partial charge is 0.306 e. The van der Waals surface area contributed by atoms with E-state index in [0.717, 1.165) is 12.8 Å². The summed E-state index contributed by atoms with van der Waals surface area (Å²) in [5, 5.41) is 8.58. The number of ether oxygens (including phenoxy) is 1. The average molecular weight is 357 g/mol. The zero-order chi connectivity index (χ0) is 18.8. The fraction of sp³-hybridized carbons (Fsp3) is 0.905. The SMILES string of the molecule is CCCCCCCCCCCCCCC(=O)OC(C)CCCC(=O)O. The minimum absolute atomic E-state index is 0.140. The van der Waals surface area contributed by atoms with Crippen LogP contribution in [0.5, 0.6) is 0 Å². The van der Waals surface area contributed by atoms with E-state index in [9.17, 15) is 9.59 Å². The molecule has 148 valence electrons. The lowest BCUT2D eigenvalue weighted by Crippen LogP contribution is -2.15. The number of carboxylic acids is 1. The summed E-state index contributed by atoms with van der Waals surface area (Å²) in [7, 11) is 0. The molecule has 0 fully saturated rings. The lowest BCUT2D eigenvalue weighted by molar-refractivity contribution is -0.148. The summed E-state index contributed by atoms with van der Waals surface area (Å²) in [4.78, 5) is 22.1. The molecular weight excluding hydrogens is 316 g/mol. The van der Waals surface area contributed by atoms with Crippen molar-refractivity contribution < 1.29 is 19.4 Å². The summed E-state index contributed by atoms with van der Waals surface area (Å²) in [5.41, 5.74) is 0. The molecule has 1 N–H and O–H groups in total. The molecule has 0 bridgehead atoms. The molecule has 0 aliphatic heterocycles. The van der Waals surface area contributed by atoms with Crippen LogP contribution < -0.4 is 0 Å². The molecule has 0 rings (SSSR count). The normalized spacial score (nSPS) is 12.1. The summed E-state index contributed by atoms with van der Waals surface area (Å²) in [6, 6.07) is 0. The molecule has 1 unspecified atom stereocenters. The number of carbonyl (C=O) groups is 2. The highest BCUT2D eigenvalue weighted by atomic mass is 16.5. The van der Waals surface area contributed by atoms with Crippen molar-refractivity contribution >= 4 is 11.9 Å². The first-order chi connectivity index (χ1) is 12.1. The fourth-order valence-electron chi connectivity index (χ4n) is 2.99. The van der Waals surface area contributed by atoms with E-state index in [1.165, 1.54) is 64.2 Å². The van der Waals surface area contributed by atoms with Gasteiger partial charge in [-0.15, -0.1) is 0 Å². The van der Waals surface area contributed by atoms with E-state index in [2.05, 4.69) is 6.92 Å². The van der Waals surface area contributed by atoms with Crippen LogP contribution in [0.3, 0.4) is 0 Å². The van der Waals surface area contributed by atoms with E-state index < -0.39 is 5.97 Å². The van der Waals surface area contributed by atoms with Crippen molar-refractivity contribution in [1.29, 1.82) is 0 Å². The average Bonchev–Trinajstić information content (AvgIpc) is 2.55. The van der Waals surface area contributed by atoms with Gasteiger partial charge in [0, 0.05) is 12.8 Å². The van der Waals surface area contributed by atoms with Gasteiger partial charge in [-0.05, 0) is 26.2 Å². The number of carboxylic acid groups (broad SMARTS) is 1. The van der Waals surface area contributed by atoms with Gasteiger partial charge in [0.2, 0.25) is 0 Å². The first-order valence-electron chi connectivity index (χ1n) is 10.5. The summed E-state index contributed by atoms with van der Waals surface area (Å²) < 4.78 is 5.30. The first kappa shape index (κ1) is 23.9. The molecule has 0 aliphatic carbocycles. The van der Waals surface area contributed by atoms with E-state index in [-0.39, 0.29) is 18.5 Å². The van der Waals surface area contributed by atoms with Crippen LogP contribution in [0.2, 0.25) is 0 Å². The zero-order valence-corrected chi connectivity index (χ0v) is 16.6. The number of carbonyl (C=O) groups excluding carboxylic acids is 1.